The molecule has 1 aromatic carbocycles. The molecule has 0 unspecified atom stereocenters. The summed E-state index contributed by atoms with van der Waals surface area (Å²) in [6.45, 7) is 4.93. The van der Waals surface area contributed by atoms with Crippen molar-refractivity contribution in [3.8, 4) is 5.75 Å². The third-order valence-corrected chi connectivity index (χ3v) is 3.04. The summed E-state index contributed by atoms with van der Waals surface area (Å²) < 4.78 is 5.93. The van der Waals surface area contributed by atoms with Gasteiger partial charge in [-0.25, -0.2) is 4.79 Å². The van der Waals surface area contributed by atoms with Gasteiger partial charge in [0.15, 0.2) is 0 Å². The molecular weight excluding hydrogens is 296 g/mol. The Hall–Kier alpha value is -1.23. The van der Waals surface area contributed by atoms with Crippen molar-refractivity contribution in [3.63, 3.8) is 0 Å². The lowest BCUT2D eigenvalue weighted by Gasteiger charge is -2.10. The summed E-state index contributed by atoms with van der Waals surface area (Å²) in [4.78, 5) is 11.6. The molecule has 0 spiro atoms. The van der Waals surface area contributed by atoms with Gasteiger partial charge in [0.25, 0.3) is 0 Å². The van der Waals surface area contributed by atoms with Crippen LogP contribution in [-0.2, 0) is 0 Å². The standard InChI is InChI=1S/C13H19BrN2O2/c1-9(2)6-7-15-13(17)16-10-4-5-12(18-3)11(14)8-10/h4-5,8-9H,6-7H2,1-3H3,(H2,15,16,17). The van der Waals surface area contributed by atoms with Crippen LogP contribution in [0.3, 0.4) is 0 Å². The van der Waals surface area contributed by atoms with E-state index < -0.39 is 0 Å². The van der Waals surface area contributed by atoms with Gasteiger partial charge in [0, 0.05) is 12.2 Å². The van der Waals surface area contributed by atoms with Gasteiger partial charge >= 0.3 is 6.03 Å². The second-order valence-corrected chi connectivity index (χ2v) is 5.27. The van der Waals surface area contributed by atoms with Crippen molar-refractivity contribution in [1.29, 1.82) is 0 Å². The van der Waals surface area contributed by atoms with E-state index >= 15 is 0 Å². The zero-order valence-corrected chi connectivity index (χ0v) is 12.5. The quantitative estimate of drug-likeness (QED) is 0.872. The van der Waals surface area contributed by atoms with Crippen LogP contribution in [0.4, 0.5) is 10.5 Å². The molecular formula is C13H19BrN2O2. The highest BCUT2D eigenvalue weighted by atomic mass is 79.9. The van der Waals surface area contributed by atoms with E-state index in [4.69, 9.17) is 4.74 Å². The molecule has 0 aromatic heterocycles. The minimum Gasteiger partial charge on any atom is -0.496 e. The number of hydrogen-bond donors (Lipinski definition) is 2. The number of hydrogen-bond acceptors (Lipinski definition) is 2. The molecule has 0 bridgehead atoms. The third-order valence-electron chi connectivity index (χ3n) is 2.42. The fourth-order valence-electron chi connectivity index (χ4n) is 1.39. The first-order valence-electron chi connectivity index (χ1n) is 5.91. The number of nitrogens with one attached hydrogen (secondary N) is 2. The minimum absolute atomic E-state index is 0.187. The molecule has 0 aliphatic heterocycles. The Labute approximate surface area is 116 Å². The van der Waals surface area contributed by atoms with Gasteiger partial charge in [-0.3, -0.25) is 0 Å². The van der Waals surface area contributed by atoms with Crippen LogP contribution in [0, 0.1) is 5.92 Å². The second-order valence-electron chi connectivity index (χ2n) is 4.41. The number of ether oxygens (including phenoxy) is 1. The highest BCUT2D eigenvalue weighted by Crippen LogP contribution is 2.27. The topological polar surface area (TPSA) is 50.4 Å². The summed E-state index contributed by atoms with van der Waals surface area (Å²) in [7, 11) is 1.60. The number of rotatable bonds is 5. The van der Waals surface area contributed by atoms with Crippen LogP contribution >= 0.6 is 15.9 Å². The largest absolute Gasteiger partial charge is 0.496 e. The number of benzene rings is 1. The normalized spacial score (nSPS) is 10.3. The van der Waals surface area contributed by atoms with Crippen LogP contribution in [-0.4, -0.2) is 19.7 Å². The number of methoxy groups -OCH3 is 1. The summed E-state index contributed by atoms with van der Waals surface area (Å²) in [6, 6.07) is 5.22. The molecule has 100 valence electrons. The number of urea groups is 1. The van der Waals surface area contributed by atoms with Gasteiger partial charge < -0.3 is 15.4 Å². The summed E-state index contributed by atoms with van der Waals surface area (Å²) in [5.41, 5.74) is 0.727. The van der Waals surface area contributed by atoms with Crippen LogP contribution in [0.15, 0.2) is 22.7 Å². The molecule has 0 atom stereocenters. The zero-order valence-electron chi connectivity index (χ0n) is 10.9. The van der Waals surface area contributed by atoms with Gasteiger partial charge in [-0.2, -0.15) is 0 Å². The monoisotopic (exact) mass is 314 g/mol. The molecule has 1 aromatic rings. The number of carbonyl (C=O) groups is 1. The molecule has 0 saturated carbocycles. The van der Waals surface area contributed by atoms with E-state index in [-0.39, 0.29) is 6.03 Å². The lowest BCUT2D eigenvalue weighted by molar-refractivity contribution is 0.251. The number of carbonyl (C=O) groups excluding carboxylic acids is 1. The van der Waals surface area contributed by atoms with Crippen LogP contribution in [0.2, 0.25) is 0 Å². The Bertz CT molecular complexity index is 408. The lowest BCUT2D eigenvalue weighted by Crippen LogP contribution is -2.30. The fraction of sp³-hybridized carbons (Fsp3) is 0.462. The first-order valence-corrected chi connectivity index (χ1v) is 6.70. The van der Waals surface area contributed by atoms with Crippen molar-refractivity contribution in [2.75, 3.05) is 19.0 Å². The Morgan fingerprint density at radius 1 is 1.44 bits per heavy atom. The average Bonchev–Trinajstić information content (AvgIpc) is 2.28. The zero-order chi connectivity index (χ0) is 13.5. The smallest absolute Gasteiger partial charge is 0.319 e. The predicted octanol–water partition coefficient (Wildman–Crippen LogP) is 3.63. The van der Waals surface area contributed by atoms with Gasteiger partial charge in [0.1, 0.15) is 5.75 Å². The first-order chi connectivity index (χ1) is 8.52. The maximum absolute atomic E-state index is 11.6. The summed E-state index contributed by atoms with van der Waals surface area (Å²) in [5.74, 6) is 1.32. The van der Waals surface area contributed by atoms with E-state index in [1.165, 1.54) is 0 Å². The molecule has 2 amide bonds. The molecule has 18 heavy (non-hydrogen) atoms. The van der Waals surface area contributed by atoms with E-state index in [0.29, 0.717) is 12.5 Å². The molecule has 1 rings (SSSR count). The van der Waals surface area contributed by atoms with Gasteiger partial charge in [-0.05, 0) is 46.5 Å². The van der Waals surface area contributed by atoms with Crippen LogP contribution in [0.25, 0.3) is 0 Å². The van der Waals surface area contributed by atoms with Crippen LogP contribution in [0.5, 0.6) is 5.75 Å². The molecule has 0 aliphatic carbocycles. The van der Waals surface area contributed by atoms with Crippen molar-refractivity contribution in [3.05, 3.63) is 22.7 Å². The fourth-order valence-corrected chi connectivity index (χ4v) is 1.93. The molecule has 2 N–H and O–H groups in total. The lowest BCUT2D eigenvalue weighted by atomic mass is 10.1. The van der Waals surface area contributed by atoms with Crippen molar-refractivity contribution in [2.45, 2.75) is 20.3 Å². The number of anilines is 1. The van der Waals surface area contributed by atoms with E-state index in [1.807, 2.05) is 0 Å². The minimum atomic E-state index is -0.187. The highest BCUT2D eigenvalue weighted by Gasteiger charge is 2.05. The Morgan fingerprint density at radius 2 is 2.17 bits per heavy atom. The molecule has 4 nitrogen and oxygen atoms in total. The second kappa shape index (κ2) is 7.26. The molecule has 5 heteroatoms. The van der Waals surface area contributed by atoms with E-state index in [2.05, 4.69) is 40.4 Å². The molecule has 0 radical (unpaired) electrons. The van der Waals surface area contributed by atoms with E-state index in [1.54, 1.807) is 25.3 Å². The Morgan fingerprint density at radius 3 is 2.72 bits per heavy atom. The van der Waals surface area contributed by atoms with Gasteiger partial charge in [0.2, 0.25) is 0 Å². The van der Waals surface area contributed by atoms with Crippen molar-refractivity contribution < 1.29 is 9.53 Å². The summed E-state index contributed by atoms with van der Waals surface area (Å²) in [5, 5.41) is 5.59. The van der Waals surface area contributed by atoms with Crippen molar-refractivity contribution >= 4 is 27.6 Å². The third kappa shape index (κ3) is 4.96. The summed E-state index contributed by atoms with van der Waals surface area (Å²) in [6.07, 6.45) is 0.972. The number of halogens is 1. The van der Waals surface area contributed by atoms with E-state index in [0.717, 1.165) is 22.3 Å². The Kier molecular flexibility index (Phi) is 5.98. The maximum Gasteiger partial charge on any atom is 0.319 e. The summed E-state index contributed by atoms with van der Waals surface area (Å²) >= 11 is 3.37. The Balaban J connectivity index is 2.47. The predicted molar refractivity (Wildman–Crippen MR) is 77.2 cm³/mol. The van der Waals surface area contributed by atoms with Crippen LogP contribution < -0.4 is 15.4 Å². The van der Waals surface area contributed by atoms with Crippen molar-refractivity contribution in [1.82, 2.24) is 5.32 Å². The molecule has 0 fully saturated rings. The molecule has 0 aliphatic rings. The van der Waals surface area contributed by atoms with Crippen molar-refractivity contribution in [2.24, 2.45) is 5.92 Å². The van der Waals surface area contributed by atoms with Gasteiger partial charge in [-0.15, -0.1) is 0 Å². The van der Waals surface area contributed by atoms with Gasteiger partial charge in [0.05, 0.1) is 11.6 Å². The highest BCUT2D eigenvalue weighted by molar-refractivity contribution is 9.10. The van der Waals surface area contributed by atoms with E-state index in [9.17, 15) is 4.79 Å². The van der Waals surface area contributed by atoms with Gasteiger partial charge in [-0.1, -0.05) is 13.8 Å². The average molecular weight is 315 g/mol. The first kappa shape index (κ1) is 14.8. The van der Waals surface area contributed by atoms with Crippen LogP contribution in [0.1, 0.15) is 20.3 Å². The SMILES string of the molecule is COc1ccc(NC(=O)NCCC(C)C)cc1Br. The number of amides is 2. The molecule has 0 heterocycles. The maximum atomic E-state index is 11.6. The molecule has 0 saturated heterocycles.